The van der Waals surface area contributed by atoms with Crippen molar-refractivity contribution in [2.24, 2.45) is 0 Å². The Labute approximate surface area is 136 Å². The van der Waals surface area contributed by atoms with Crippen LogP contribution in [-0.2, 0) is 15.1 Å². The van der Waals surface area contributed by atoms with Gasteiger partial charge in [-0.1, -0.05) is 36.8 Å². The number of nitrogens with zero attached hydrogens (tertiary/aromatic N) is 2. The molecule has 1 aromatic carbocycles. The van der Waals surface area contributed by atoms with E-state index >= 15 is 0 Å². The number of benzene rings is 1. The van der Waals surface area contributed by atoms with E-state index in [1.165, 1.54) is 4.90 Å². The number of urea groups is 1. The van der Waals surface area contributed by atoms with Gasteiger partial charge in [-0.15, -0.1) is 0 Å². The molecule has 2 aliphatic heterocycles. The summed E-state index contributed by atoms with van der Waals surface area (Å²) in [4.78, 5) is 28.8. The summed E-state index contributed by atoms with van der Waals surface area (Å²) in [6.07, 6.45) is 0.528. The average molecular weight is 317 g/mol. The zero-order valence-electron chi connectivity index (χ0n) is 13.7. The molecule has 6 nitrogen and oxygen atoms in total. The average Bonchev–Trinajstić information content (AvgIpc) is 2.82. The second-order valence-corrected chi connectivity index (χ2v) is 6.16. The lowest BCUT2D eigenvalue weighted by molar-refractivity contribution is -0.133. The Hall–Kier alpha value is -1.92. The van der Waals surface area contributed by atoms with Gasteiger partial charge in [0.25, 0.3) is 5.91 Å². The van der Waals surface area contributed by atoms with Crippen molar-refractivity contribution in [1.82, 2.24) is 15.1 Å². The van der Waals surface area contributed by atoms with Gasteiger partial charge in [0.05, 0.1) is 19.9 Å². The van der Waals surface area contributed by atoms with E-state index in [9.17, 15) is 9.59 Å². The van der Waals surface area contributed by atoms with E-state index in [4.69, 9.17) is 4.74 Å². The third kappa shape index (κ3) is 2.84. The maximum atomic E-state index is 13.0. The van der Waals surface area contributed by atoms with Gasteiger partial charge in [-0.2, -0.15) is 0 Å². The highest BCUT2D eigenvalue weighted by Crippen LogP contribution is 2.32. The zero-order valence-corrected chi connectivity index (χ0v) is 13.7. The van der Waals surface area contributed by atoms with Gasteiger partial charge >= 0.3 is 6.03 Å². The Bertz CT molecular complexity index is 596. The Morgan fingerprint density at radius 2 is 1.83 bits per heavy atom. The van der Waals surface area contributed by atoms with Gasteiger partial charge in [-0.05, 0) is 18.9 Å². The molecule has 0 saturated carbocycles. The molecule has 2 fully saturated rings. The van der Waals surface area contributed by atoms with Crippen molar-refractivity contribution in [2.45, 2.75) is 25.8 Å². The van der Waals surface area contributed by atoms with Crippen molar-refractivity contribution in [3.05, 3.63) is 35.4 Å². The van der Waals surface area contributed by atoms with Crippen LogP contribution in [-0.4, -0.2) is 54.7 Å². The minimum absolute atomic E-state index is 0.166. The lowest BCUT2D eigenvalue weighted by Gasteiger charge is -2.30. The molecular weight excluding hydrogens is 294 g/mol. The van der Waals surface area contributed by atoms with Crippen molar-refractivity contribution in [3.63, 3.8) is 0 Å². The van der Waals surface area contributed by atoms with Crippen molar-refractivity contribution >= 4 is 11.9 Å². The zero-order chi connectivity index (χ0) is 16.4. The quantitative estimate of drug-likeness (QED) is 0.854. The van der Waals surface area contributed by atoms with E-state index in [-0.39, 0.29) is 11.9 Å². The van der Waals surface area contributed by atoms with E-state index in [0.29, 0.717) is 26.3 Å². The molecule has 0 bridgehead atoms. The standard InChI is InChI=1S/C17H23N3O3/c1-3-17(14-6-4-13(2)5-7-14)15(21)20(16(22)18-17)12-19-8-10-23-11-9-19/h4-7H,3,8-12H2,1-2H3,(H,18,22). The van der Waals surface area contributed by atoms with E-state index in [0.717, 1.165) is 24.2 Å². The fraction of sp³-hybridized carbons (Fsp3) is 0.529. The van der Waals surface area contributed by atoms with Gasteiger partial charge in [0, 0.05) is 13.1 Å². The molecule has 1 unspecified atom stereocenters. The number of hydrogen-bond acceptors (Lipinski definition) is 4. The van der Waals surface area contributed by atoms with Crippen LogP contribution >= 0.6 is 0 Å². The number of carbonyl (C=O) groups is 2. The highest BCUT2D eigenvalue weighted by Gasteiger charge is 2.51. The number of amides is 3. The van der Waals surface area contributed by atoms with Crippen molar-refractivity contribution in [2.75, 3.05) is 33.0 Å². The number of ether oxygens (including phenoxy) is 1. The van der Waals surface area contributed by atoms with Crippen LogP contribution in [0.25, 0.3) is 0 Å². The maximum Gasteiger partial charge on any atom is 0.326 e. The SMILES string of the molecule is CCC1(c2ccc(C)cc2)NC(=O)N(CN2CCOCC2)C1=O. The summed E-state index contributed by atoms with van der Waals surface area (Å²) in [7, 11) is 0. The molecule has 0 aromatic heterocycles. The molecule has 23 heavy (non-hydrogen) atoms. The first-order chi connectivity index (χ1) is 11.1. The second-order valence-electron chi connectivity index (χ2n) is 6.16. The van der Waals surface area contributed by atoms with Crippen LogP contribution in [0, 0.1) is 6.92 Å². The fourth-order valence-corrected chi connectivity index (χ4v) is 3.17. The van der Waals surface area contributed by atoms with Crippen LogP contribution in [0.4, 0.5) is 4.79 Å². The van der Waals surface area contributed by atoms with E-state index < -0.39 is 5.54 Å². The molecule has 3 amide bonds. The van der Waals surface area contributed by atoms with Crippen molar-refractivity contribution in [3.8, 4) is 0 Å². The first kappa shape index (κ1) is 16.0. The van der Waals surface area contributed by atoms with Gasteiger partial charge < -0.3 is 10.1 Å². The first-order valence-corrected chi connectivity index (χ1v) is 8.08. The predicted molar refractivity (Wildman–Crippen MR) is 85.8 cm³/mol. The normalized spacial score (nSPS) is 25.7. The Balaban J connectivity index is 1.84. The van der Waals surface area contributed by atoms with E-state index in [1.807, 2.05) is 38.1 Å². The van der Waals surface area contributed by atoms with Crippen LogP contribution in [0.1, 0.15) is 24.5 Å². The monoisotopic (exact) mass is 317 g/mol. The van der Waals surface area contributed by atoms with Crippen molar-refractivity contribution < 1.29 is 14.3 Å². The van der Waals surface area contributed by atoms with Crippen LogP contribution in [0.15, 0.2) is 24.3 Å². The maximum absolute atomic E-state index is 13.0. The Morgan fingerprint density at radius 3 is 2.43 bits per heavy atom. The number of hydrogen-bond donors (Lipinski definition) is 1. The summed E-state index contributed by atoms with van der Waals surface area (Å²) in [5, 5.41) is 2.92. The third-order valence-electron chi connectivity index (χ3n) is 4.70. The summed E-state index contributed by atoms with van der Waals surface area (Å²) in [5.74, 6) is -0.166. The lowest BCUT2D eigenvalue weighted by Crippen LogP contribution is -2.47. The number of morpholine rings is 1. The Kier molecular flexibility index (Phi) is 4.37. The highest BCUT2D eigenvalue weighted by molar-refractivity contribution is 6.07. The van der Waals surface area contributed by atoms with Crippen LogP contribution in [0.2, 0.25) is 0 Å². The van der Waals surface area contributed by atoms with Crippen LogP contribution < -0.4 is 5.32 Å². The topological polar surface area (TPSA) is 61.9 Å². The molecule has 1 atom stereocenters. The molecule has 3 rings (SSSR count). The summed E-state index contributed by atoms with van der Waals surface area (Å²) in [5.41, 5.74) is 1.02. The largest absolute Gasteiger partial charge is 0.379 e. The van der Waals surface area contributed by atoms with Gasteiger partial charge in [0.15, 0.2) is 0 Å². The molecule has 2 heterocycles. The van der Waals surface area contributed by atoms with E-state index in [2.05, 4.69) is 10.2 Å². The molecule has 1 aromatic rings. The molecule has 0 spiro atoms. The number of carbonyl (C=O) groups excluding carboxylic acids is 2. The minimum Gasteiger partial charge on any atom is -0.379 e. The van der Waals surface area contributed by atoms with Crippen molar-refractivity contribution in [1.29, 1.82) is 0 Å². The summed E-state index contributed by atoms with van der Waals surface area (Å²) < 4.78 is 5.31. The Morgan fingerprint density at radius 1 is 1.17 bits per heavy atom. The summed E-state index contributed by atoms with van der Waals surface area (Å²) in [6, 6.07) is 7.47. The van der Waals surface area contributed by atoms with Crippen LogP contribution in [0.5, 0.6) is 0 Å². The molecule has 2 aliphatic rings. The minimum atomic E-state index is -0.947. The smallest absolute Gasteiger partial charge is 0.326 e. The molecule has 0 radical (unpaired) electrons. The molecule has 0 aliphatic carbocycles. The highest BCUT2D eigenvalue weighted by atomic mass is 16.5. The summed E-state index contributed by atoms with van der Waals surface area (Å²) >= 11 is 0. The number of rotatable bonds is 4. The predicted octanol–water partition coefficient (Wildman–Crippen LogP) is 1.44. The molecule has 2 saturated heterocycles. The lowest BCUT2D eigenvalue weighted by atomic mass is 9.87. The number of aryl methyl sites for hydroxylation is 1. The first-order valence-electron chi connectivity index (χ1n) is 8.08. The molecule has 124 valence electrons. The van der Waals surface area contributed by atoms with Gasteiger partial charge in [-0.3, -0.25) is 9.69 Å². The fourth-order valence-electron chi connectivity index (χ4n) is 3.17. The van der Waals surface area contributed by atoms with Gasteiger partial charge in [0.1, 0.15) is 5.54 Å². The van der Waals surface area contributed by atoms with Crippen LogP contribution in [0.3, 0.4) is 0 Å². The molecule has 1 N–H and O–H groups in total. The molecular formula is C17H23N3O3. The third-order valence-corrected chi connectivity index (χ3v) is 4.70. The second kappa shape index (κ2) is 6.29. The molecule has 6 heteroatoms. The van der Waals surface area contributed by atoms with Gasteiger partial charge in [-0.25, -0.2) is 9.69 Å². The van der Waals surface area contributed by atoms with Gasteiger partial charge in [0.2, 0.25) is 0 Å². The summed E-state index contributed by atoms with van der Waals surface area (Å²) in [6.45, 7) is 7.00. The number of imide groups is 1. The number of nitrogens with one attached hydrogen (secondary N) is 1. The van der Waals surface area contributed by atoms with E-state index in [1.54, 1.807) is 0 Å².